The van der Waals surface area contributed by atoms with E-state index in [1.54, 1.807) is 6.21 Å². The van der Waals surface area contributed by atoms with E-state index in [4.69, 9.17) is 21.7 Å². The summed E-state index contributed by atoms with van der Waals surface area (Å²) in [5.41, 5.74) is 8.46. The number of halogens is 1. The Kier molecular flexibility index (Phi) is 4.43. The smallest absolute Gasteiger partial charge is 0.149 e. The number of ether oxygens (including phenoxy) is 1. The molecule has 7 rings (SSSR count). The molecule has 0 saturated heterocycles. The summed E-state index contributed by atoms with van der Waals surface area (Å²) in [5.74, 6) is 1.92. The molecule has 2 aliphatic carbocycles. The van der Waals surface area contributed by atoms with Crippen LogP contribution >= 0.6 is 11.6 Å². The number of fused-ring (bicyclic) bond motifs is 6. The minimum atomic E-state index is -0.630. The fraction of sp³-hybridized carbons (Fsp3) is 0.0938. The van der Waals surface area contributed by atoms with Crippen molar-refractivity contribution >= 4 is 23.4 Å². The van der Waals surface area contributed by atoms with Crippen LogP contribution in [0.4, 0.5) is 0 Å². The van der Waals surface area contributed by atoms with Gasteiger partial charge in [-0.2, -0.15) is 0 Å². The first-order valence-corrected chi connectivity index (χ1v) is 12.3. The molecule has 0 fully saturated rings. The van der Waals surface area contributed by atoms with Crippen molar-refractivity contribution in [3.63, 3.8) is 0 Å². The Hall–Kier alpha value is -3.88. The second-order valence-electron chi connectivity index (χ2n) is 9.35. The molecule has 35 heavy (non-hydrogen) atoms. The van der Waals surface area contributed by atoms with Gasteiger partial charge in [0.1, 0.15) is 11.5 Å². The van der Waals surface area contributed by atoms with Crippen molar-refractivity contribution in [1.82, 2.24) is 0 Å². The number of rotatable bonds is 3. The Morgan fingerprint density at radius 1 is 0.857 bits per heavy atom. The number of nitrogens with one attached hydrogen (secondary N) is 1. The molecule has 0 aromatic heterocycles. The van der Waals surface area contributed by atoms with Crippen molar-refractivity contribution in [2.24, 2.45) is 0 Å². The summed E-state index contributed by atoms with van der Waals surface area (Å²) >= 11 is 6.49. The third kappa shape index (κ3) is 2.75. The van der Waals surface area contributed by atoms with E-state index in [-0.39, 0.29) is 5.92 Å². The highest BCUT2D eigenvalue weighted by atomic mass is 35.5. The van der Waals surface area contributed by atoms with Crippen LogP contribution in [0.25, 0.3) is 16.7 Å². The van der Waals surface area contributed by atoms with Gasteiger partial charge in [0.25, 0.3) is 0 Å². The van der Waals surface area contributed by atoms with E-state index in [1.807, 2.05) is 18.2 Å². The third-order valence-corrected chi connectivity index (χ3v) is 7.96. The van der Waals surface area contributed by atoms with Crippen molar-refractivity contribution < 1.29 is 4.74 Å². The zero-order valence-corrected chi connectivity index (χ0v) is 19.7. The Morgan fingerprint density at radius 2 is 1.66 bits per heavy atom. The maximum Gasteiger partial charge on any atom is 0.149 e. The molecule has 3 aliphatic rings. The Balaban J connectivity index is 1.45. The lowest BCUT2D eigenvalue weighted by Gasteiger charge is -2.29. The molecule has 4 aromatic rings. The fourth-order valence-electron chi connectivity index (χ4n) is 6.08. The molecular formula is C32H22ClNO. The van der Waals surface area contributed by atoms with E-state index in [9.17, 15) is 0 Å². The minimum absolute atomic E-state index is 0.177. The van der Waals surface area contributed by atoms with Crippen molar-refractivity contribution in [2.75, 3.05) is 0 Å². The molecule has 0 amide bonds. The standard InChI is InChI=1S/C32H22ClNO/c33-29-15-7-13-26-25-12-6-11-22(30(25)35-31(26)29)20-16-17-24-23-10-4-5-14-27(23)32(19-34,28(24)18-20)21-8-2-1-3-9-21/h1-11,13-19,25,34H,12H2. The molecule has 168 valence electrons. The summed E-state index contributed by atoms with van der Waals surface area (Å²) in [5, 5.41) is 9.35. The van der Waals surface area contributed by atoms with Crippen LogP contribution in [0.2, 0.25) is 5.02 Å². The SMILES string of the molecule is N=CC1(c2ccccc2)c2ccccc2-c2ccc(C3=C4Oc5c(Cl)cccc5C4CC=C3)cc21. The zero-order valence-electron chi connectivity index (χ0n) is 19.0. The van der Waals surface area contributed by atoms with Gasteiger partial charge in [-0.05, 0) is 51.9 Å². The molecule has 4 aromatic carbocycles. The average Bonchev–Trinajstić information content (AvgIpc) is 3.44. The van der Waals surface area contributed by atoms with Gasteiger partial charge in [-0.25, -0.2) is 0 Å². The first-order valence-electron chi connectivity index (χ1n) is 11.9. The first-order chi connectivity index (χ1) is 17.2. The summed E-state index contributed by atoms with van der Waals surface area (Å²) in [6.07, 6.45) is 6.91. The second-order valence-corrected chi connectivity index (χ2v) is 9.76. The normalized spacial score (nSPS) is 21.1. The number of hydrogen-bond donors (Lipinski definition) is 1. The van der Waals surface area contributed by atoms with Crippen LogP contribution in [0.5, 0.6) is 5.75 Å². The summed E-state index contributed by atoms with van der Waals surface area (Å²) < 4.78 is 6.40. The van der Waals surface area contributed by atoms with Crippen LogP contribution in [0, 0.1) is 5.41 Å². The molecule has 2 unspecified atom stereocenters. The molecule has 0 spiro atoms. The molecule has 1 N–H and O–H groups in total. The highest BCUT2D eigenvalue weighted by Crippen LogP contribution is 2.54. The van der Waals surface area contributed by atoms with Gasteiger partial charge >= 0.3 is 0 Å². The largest absolute Gasteiger partial charge is 0.459 e. The van der Waals surface area contributed by atoms with Gasteiger partial charge in [-0.15, -0.1) is 0 Å². The molecule has 2 atom stereocenters. The summed E-state index contributed by atoms with van der Waals surface area (Å²) in [4.78, 5) is 0. The highest BCUT2D eigenvalue weighted by molar-refractivity contribution is 6.32. The Bertz CT molecular complexity index is 1580. The summed E-state index contributed by atoms with van der Waals surface area (Å²) in [7, 11) is 0. The molecule has 0 radical (unpaired) electrons. The Labute approximate surface area is 209 Å². The van der Waals surface area contributed by atoms with Gasteiger partial charge in [-0.1, -0.05) is 103 Å². The van der Waals surface area contributed by atoms with Crippen LogP contribution in [0.3, 0.4) is 0 Å². The third-order valence-electron chi connectivity index (χ3n) is 7.67. The van der Waals surface area contributed by atoms with E-state index in [0.717, 1.165) is 51.3 Å². The van der Waals surface area contributed by atoms with Crippen LogP contribution < -0.4 is 4.74 Å². The predicted octanol–water partition coefficient (Wildman–Crippen LogP) is 8.15. The van der Waals surface area contributed by atoms with Crippen LogP contribution in [0.1, 0.15) is 40.2 Å². The topological polar surface area (TPSA) is 33.1 Å². The number of benzene rings is 4. The van der Waals surface area contributed by atoms with Crippen molar-refractivity contribution in [3.8, 4) is 16.9 Å². The predicted molar refractivity (Wildman–Crippen MR) is 142 cm³/mol. The minimum Gasteiger partial charge on any atom is -0.459 e. The zero-order chi connectivity index (χ0) is 23.6. The van der Waals surface area contributed by atoms with Gasteiger partial charge in [0.2, 0.25) is 0 Å². The maximum atomic E-state index is 8.70. The molecule has 0 saturated carbocycles. The molecule has 2 nitrogen and oxygen atoms in total. The summed E-state index contributed by atoms with van der Waals surface area (Å²) in [6.45, 7) is 0. The van der Waals surface area contributed by atoms with E-state index >= 15 is 0 Å². The summed E-state index contributed by atoms with van der Waals surface area (Å²) in [6, 6.07) is 31.5. The second kappa shape index (κ2) is 7.56. The maximum absolute atomic E-state index is 8.70. The van der Waals surface area contributed by atoms with Crippen molar-refractivity contribution in [3.05, 3.63) is 142 Å². The molecule has 3 heteroatoms. The lowest BCUT2D eigenvalue weighted by atomic mass is 9.73. The van der Waals surface area contributed by atoms with Gasteiger partial charge in [0, 0.05) is 23.3 Å². The highest BCUT2D eigenvalue weighted by Gasteiger charge is 2.43. The monoisotopic (exact) mass is 471 g/mol. The van der Waals surface area contributed by atoms with E-state index in [0.29, 0.717) is 5.02 Å². The van der Waals surface area contributed by atoms with Gasteiger partial charge in [-0.3, -0.25) is 0 Å². The van der Waals surface area contributed by atoms with Crippen LogP contribution in [-0.2, 0) is 5.41 Å². The number of allylic oxidation sites excluding steroid dienone is 4. The fourth-order valence-corrected chi connectivity index (χ4v) is 6.30. The average molecular weight is 472 g/mol. The van der Waals surface area contributed by atoms with E-state index in [1.165, 1.54) is 11.1 Å². The van der Waals surface area contributed by atoms with Crippen LogP contribution in [0.15, 0.2) is 109 Å². The van der Waals surface area contributed by atoms with Crippen molar-refractivity contribution in [1.29, 1.82) is 5.41 Å². The first kappa shape index (κ1) is 20.5. The van der Waals surface area contributed by atoms with E-state index in [2.05, 4.69) is 84.9 Å². The number of hydrogen-bond acceptors (Lipinski definition) is 2. The van der Waals surface area contributed by atoms with Gasteiger partial charge in [0.15, 0.2) is 0 Å². The van der Waals surface area contributed by atoms with Gasteiger partial charge < -0.3 is 10.1 Å². The number of para-hydroxylation sites is 1. The molecule has 1 heterocycles. The molecule has 1 aliphatic heterocycles. The lowest BCUT2D eigenvalue weighted by Crippen LogP contribution is -2.28. The molecular weight excluding hydrogens is 450 g/mol. The van der Waals surface area contributed by atoms with E-state index < -0.39 is 5.41 Å². The lowest BCUT2D eigenvalue weighted by molar-refractivity contribution is 0.429. The quantitative estimate of drug-likeness (QED) is 0.300. The van der Waals surface area contributed by atoms with Crippen molar-refractivity contribution in [2.45, 2.75) is 17.8 Å². The molecule has 0 bridgehead atoms. The van der Waals surface area contributed by atoms with Crippen LogP contribution in [-0.4, -0.2) is 6.21 Å². The van der Waals surface area contributed by atoms with Gasteiger partial charge in [0.05, 0.1) is 10.4 Å². The Morgan fingerprint density at radius 3 is 2.51 bits per heavy atom.